The second kappa shape index (κ2) is 6.02. The Morgan fingerprint density at radius 1 is 1.26 bits per heavy atom. The summed E-state index contributed by atoms with van der Waals surface area (Å²) >= 11 is 11.7. The summed E-state index contributed by atoms with van der Waals surface area (Å²) in [5.74, 6) is -0.368. The first-order valence-corrected chi connectivity index (χ1v) is 6.17. The van der Waals surface area contributed by atoms with Gasteiger partial charge in [0.2, 0.25) is 0 Å². The Morgan fingerprint density at radius 3 is 2.58 bits per heavy atom. The third-order valence-corrected chi connectivity index (χ3v) is 2.89. The smallest absolute Gasteiger partial charge is 0.255 e. The van der Waals surface area contributed by atoms with Crippen molar-refractivity contribution in [2.75, 3.05) is 5.32 Å². The number of pyridine rings is 1. The van der Waals surface area contributed by atoms with Gasteiger partial charge in [-0.2, -0.15) is 0 Å². The Morgan fingerprint density at radius 2 is 1.95 bits per heavy atom. The van der Waals surface area contributed by atoms with E-state index in [2.05, 4.69) is 10.3 Å². The van der Waals surface area contributed by atoms with Crippen molar-refractivity contribution in [3.05, 3.63) is 57.8 Å². The maximum absolute atomic E-state index is 12.0. The Hall–Kier alpha value is -1.62. The zero-order valence-electron chi connectivity index (χ0n) is 9.73. The van der Waals surface area contributed by atoms with Gasteiger partial charge in [-0.15, -0.1) is 0 Å². The molecule has 0 spiro atoms. The zero-order chi connectivity index (χ0) is 13.8. The third-order valence-electron chi connectivity index (χ3n) is 2.45. The van der Waals surface area contributed by atoms with Crippen molar-refractivity contribution in [2.45, 2.75) is 6.61 Å². The number of rotatable bonds is 3. The van der Waals surface area contributed by atoms with Gasteiger partial charge in [0.15, 0.2) is 0 Å². The van der Waals surface area contributed by atoms with Crippen LogP contribution in [0.4, 0.5) is 5.69 Å². The molecule has 1 heterocycles. The normalized spacial score (nSPS) is 10.3. The standard InChI is InChI=1S/C13H10Cl2N2O2/c14-10-3-9(4-11(15)5-10)13(19)17-12-6-16-2-1-8(12)7-18/h1-6,18H,7H2,(H,17,19). The summed E-state index contributed by atoms with van der Waals surface area (Å²) in [5.41, 5.74) is 1.37. The number of nitrogens with zero attached hydrogens (tertiary/aromatic N) is 1. The van der Waals surface area contributed by atoms with Crippen molar-refractivity contribution < 1.29 is 9.90 Å². The Bertz CT molecular complexity index is 597. The molecule has 2 rings (SSSR count). The minimum atomic E-state index is -0.368. The fourth-order valence-corrected chi connectivity index (χ4v) is 2.08. The number of nitrogens with one attached hydrogen (secondary N) is 1. The van der Waals surface area contributed by atoms with Gasteiger partial charge in [0.25, 0.3) is 5.91 Å². The number of halogens is 2. The van der Waals surface area contributed by atoms with E-state index in [0.717, 1.165) is 0 Å². The molecule has 0 aliphatic heterocycles. The number of amides is 1. The summed E-state index contributed by atoms with van der Waals surface area (Å²) in [6, 6.07) is 6.19. The summed E-state index contributed by atoms with van der Waals surface area (Å²) in [6.07, 6.45) is 3.01. The number of carbonyl (C=O) groups excluding carboxylic acids is 1. The number of hydrogen-bond acceptors (Lipinski definition) is 3. The molecule has 2 N–H and O–H groups in total. The minimum Gasteiger partial charge on any atom is -0.392 e. The lowest BCUT2D eigenvalue weighted by Crippen LogP contribution is -2.13. The number of aliphatic hydroxyl groups excluding tert-OH is 1. The van der Waals surface area contributed by atoms with E-state index in [1.807, 2.05) is 0 Å². The molecular weight excluding hydrogens is 287 g/mol. The van der Waals surface area contributed by atoms with E-state index in [9.17, 15) is 4.79 Å². The van der Waals surface area contributed by atoms with E-state index in [1.54, 1.807) is 12.1 Å². The first-order valence-electron chi connectivity index (χ1n) is 5.41. The van der Waals surface area contributed by atoms with Crippen LogP contribution in [-0.2, 0) is 6.61 Å². The topological polar surface area (TPSA) is 62.2 Å². The maximum Gasteiger partial charge on any atom is 0.255 e. The lowest BCUT2D eigenvalue weighted by molar-refractivity contribution is 0.102. The lowest BCUT2D eigenvalue weighted by atomic mass is 10.2. The van der Waals surface area contributed by atoms with Crippen LogP contribution in [0.25, 0.3) is 0 Å². The van der Waals surface area contributed by atoms with Gasteiger partial charge < -0.3 is 10.4 Å². The molecule has 0 saturated heterocycles. The van der Waals surface area contributed by atoms with Crippen molar-refractivity contribution in [1.82, 2.24) is 4.98 Å². The highest BCUT2D eigenvalue weighted by Gasteiger charge is 2.10. The fraction of sp³-hybridized carbons (Fsp3) is 0.0769. The second-order valence-electron chi connectivity index (χ2n) is 3.80. The molecule has 0 aliphatic rings. The number of anilines is 1. The van der Waals surface area contributed by atoms with Gasteiger partial charge >= 0.3 is 0 Å². The van der Waals surface area contributed by atoms with Crippen LogP contribution in [0.5, 0.6) is 0 Å². The quantitative estimate of drug-likeness (QED) is 0.915. The average Bonchev–Trinajstić information content (AvgIpc) is 2.38. The van der Waals surface area contributed by atoms with Crippen molar-refractivity contribution in [3.8, 4) is 0 Å². The lowest BCUT2D eigenvalue weighted by Gasteiger charge is -2.09. The third kappa shape index (κ3) is 3.44. The molecule has 0 fully saturated rings. The Kier molecular flexibility index (Phi) is 4.37. The molecule has 6 heteroatoms. The molecule has 98 valence electrons. The molecule has 0 aliphatic carbocycles. The van der Waals surface area contributed by atoms with Crippen LogP contribution in [0.3, 0.4) is 0 Å². The molecule has 1 aromatic carbocycles. The highest BCUT2D eigenvalue weighted by Crippen LogP contribution is 2.21. The first-order chi connectivity index (χ1) is 9.10. The van der Waals surface area contributed by atoms with Crippen LogP contribution >= 0.6 is 23.2 Å². The van der Waals surface area contributed by atoms with Gasteiger partial charge in [0, 0.05) is 27.4 Å². The number of carbonyl (C=O) groups is 1. The van der Waals surface area contributed by atoms with E-state index in [4.69, 9.17) is 28.3 Å². The average molecular weight is 297 g/mol. The molecule has 19 heavy (non-hydrogen) atoms. The van der Waals surface area contributed by atoms with Crippen LogP contribution < -0.4 is 5.32 Å². The Balaban J connectivity index is 2.25. The van der Waals surface area contributed by atoms with E-state index >= 15 is 0 Å². The van der Waals surface area contributed by atoms with Crippen LogP contribution in [0, 0.1) is 0 Å². The summed E-state index contributed by atoms with van der Waals surface area (Å²) < 4.78 is 0. The minimum absolute atomic E-state index is 0.186. The highest BCUT2D eigenvalue weighted by molar-refractivity contribution is 6.35. The maximum atomic E-state index is 12.0. The zero-order valence-corrected chi connectivity index (χ0v) is 11.2. The molecule has 1 amide bonds. The SMILES string of the molecule is O=C(Nc1cnccc1CO)c1cc(Cl)cc(Cl)c1. The summed E-state index contributed by atoms with van der Waals surface area (Å²) in [7, 11) is 0. The monoisotopic (exact) mass is 296 g/mol. The number of aromatic nitrogens is 1. The fourth-order valence-electron chi connectivity index (χ4n) is 1.55. The molecule has 0 unspecified atom stereocenters. The van der Waals surface area contributed by atoms with E-state index in [1.165, 1.54) is 24.5 Å². The van der Waals surface area contributed by atoms with Crippen LogP contribution in [0.15, 0.2) is 36.7 Å². The highest BCUT2D eigenvalue weighted by atomic mass is 35.5. The van der Waals surface area contributed by atoms with E-state index in [0.29, 0.717) is 26.9 Å². The predicted octanol–water partition coefficient (Wildman–Crippen LogP) is 3.13. The van der Waals surface area contributed by atoms with Crippen LogP contribution in [0.2, 0.25) is 10.0 Å². The van der Waals surface area contributed by atoms with Crippen LogP contribution in [0.1, 0.15) is 15.9 Å². The van der Waals surface area contributed by atoms with Gasteiger partial charge in [0.1, 0.15) is 0 Å². The van der Waals surface area contributed by atoms with Crippen molar-refractivity contribution in [1.29, 1.82) is 0 Å². The van der Waals surface area contributed by atoms with Crippen molar-refractivity contribution in [3.63, 3.8) is 0 Å². The van der Waals surface area contributed by atoms with Crippen molar-refractivity contribution >= 4 is 34.8 Å². The molecule has 4 nitrogen and oxygen atoms in total. The van der Waals surface area contributed by atoms with Gasteiger partial charge in [-0.1, -0.05) is 23.2 Å². The molecule has 0 atom stereocenters. The summed E-state index contributed by atoms with van der Waals surface area (Å²) in [6.45, 7) is -0.186. The predicted molar refractivity (Wildman–Crippen MR) is 74.6 cm³/mol. The second-order valence-corrected chi connectivity index (χ2v) is 4.68. The number of hydrogen-bond donors (Lipinski definition) is 2. The van der Waals surface area contributed by atoms with Gasteiger partial charge in [0.05, 0.1) is 18.5 Å². The largest absolute Gasteiger partial charge is 0.392 e. The molecular formula is C13H10Cl2N2O2. The van der Waals surface area contributed by atoms with Gasteiger partial charge in [-0.25, -0.2) is 0 Å². The molecule has 2 aromatic rings. The number of aliphatic hydroxyl groups is 1. The molecule has 0 radical (unpaired) electrons. The summed E-state index contributed by atoms with van der Waals surface area (Å²) in [5, 5.41) is 12.6. The van der Waals surface area contributed by atoms with Crippen molar-refractivity contribution in [2.24, 2.45) is 0 Å². The first kappa shape index (κ1) is 13.8. The number of benzene rings is 1. The van der Waals surface area contributed by atoms with Gasteiger partial charge in [-0.05, 0) is 24.3 Å². The molecule has 0 bridgehead atoms. The van der Waals surface area contributed by atoms with E-state index < -0.39 is 0 Å². The van der Waals surface area contributed by atoms with Crippen LogP contribution in [-0.4, -0.2) is 16.0 Å². The Labute approximate surface area is 120 Å². The van der Waals surface area contributed by atoms with Gasteiger partial charge in [-0.3, -0.25) is 9.78 Å². The molecule has 1 aromatic heterocycles. The summed E-state index contributed by atoms with van der Waals surface area (Å²) in [4.78, 5) is 15.9. The van der Waals surface area contributed by atoms with E-state index in [-0.39, 0.29) is 12.5 Å². The molecule has 0 saturated carbocycles.